The van der Waals surface area contributed by atoms with Gasteiger partial charge in [0.2, 0.25) is 5.88 Å². The minimum Gasteiger partial charge on any atom is -0.481 e. The number of nitrogens with zero attached hydrogens (tertiary/aromatic N) is 1. The molecule has 0 radical (unpaired) electrons. The van der Waals surface area contributed by atoms with E-state index in [-0.39, 0.29) is 0 Å². The molecule has 3 N–H and O–H groups in total. The van der Waals surface area contributed by atoms with Crippen molar-refractivity contribution in [3.8, 4) is 5.88 Å². The van der Waals surface area contributed by atoms with Crippen molar-refractivity contribution in [3.63, 3.8) is 0 Å². The van der Waals surface area contributed by atoms with E-state index in [1.165, 1.54) is 5.56 Å². The van der Waals surface area contributed by atoms with Crippen LogP contribution in [0.4, 0.5) is 17.2 Å². The summed E-state index contributed by atoms with van der Waals surface area (Å²) in [4.78, 5) is 4.33. The van der Waals surface area contributed by atoms with Crippen molar-refractivity contribution in [2.24, 2.45) is 0 Å². The zero-order valence-corrected chi connectivity index (χ0v) is 11.3. The molecule has 0 unspecified atom stereocenters. The van der Waals surface area contributed by atoms with E-state index >= 15 is 0 Å². The Labute approximate surface area is 113 Å². The van der Waals surface area contributed by atoms with E-state index in [1.54, 1.807) is 19.2 Å². The molecule has 0 saturated carbocycles. The van der Waals surface area contributed by atoms with Gasteiger partial charge in [0, 0.05) is 11.8 Å². The summed E-state index contributed by atoms with van der Waals surface area (Å²) in [6.07, 6.45) is 2.12. The number of nitrogens with two attached hydrogens (primary N) is 1. The first-order chi connectivity index (χ1) is 9.24. The van der Waals surface area contributed by atoms with Gasteiger partial charge in [-0.1, -0.05) is 31.5 Å². The van der Waals surface area contributed by atoms with Crippen LogP contribution >= 0.6 is 0 Å². The molecule has 0 spiro atoms. The molecule has 1 aromatic carbocycles. The number of aromatic nitrogens is 1. The van der Waals surface area contributed by atoms with Gasteiger partial charge < -0.3 is 15.8 Å². The lowest BCUT2D eigenvalue weighted by Crippen LogP contribution is -2.02. The minimum atomic E-state index is 0.546. The summed E-state index contributed by atoms with van der Waals surface area (Å²) in [5.41, 5.74) is 8.84. The predicted molar refractivity (Wildman–Crippen MR) is 78.9 cm³/mol. The Bertz CT molecular complexity index is 555. The van der Waals surface area contributed by atoms with Crippen molar-refractivity contribution in [2.75, 3.05) is 18.2 Å². The third-order valence-electron chi connectivity index (χ3n) is 2.90. The second-order valence-corrected chi connectivity index (χ2v) is 4.32. The van der Waals surface area contributed by atoms with E-state index in [0.29, 0.717) is 17.4 Å². The molecule has 0 saturated heterocycles. The molecule has 4 heteroatoms. The molecule has 4 nitrogen and oxygen atoms in total. The fourth-order valence-electron chi connectivity index (χ4n) is 1.92. The molecule has 1 aromatic heterocycles. The Hall–Kier alpha value is -2.23. The second-order valence-electron chi connectivity index (χ2n) is 4.32. The lowest BCUT2D eigenvalue weighted by atomic mass is 10.1. The molecule has 0 atom stereocenters. The summed E-state index contributed by atoms with van der Waals surface area (Å²) >= 11 is 0. The van der Waals surface area contributed by atoms with Crippen molar-refractivity contribution >= 4 is 17.2 Å². The molecule has 19 heavy (non-hydrogen) atoms. The first kappa shape index (κ1) is 13.2. The number of anilines is 3. The molecule has 0 bridgehead atoms. The minimum absolute atomic E-state index is 0.546. The van der Waals surface area contributed by atoms with Crippen LogP contribution in [0.25, 0.3) is 0 Å². The van der Waals surface area contributed by atoms with Crippen LogP contribution in [0.1, 0.15) is 18.9 Å². The van der Waals surface area contributed by atoms with Crippen molar-refractivity contribution in [3.05, 3.63) is 42.0 Å². The summed E-state index contributed by atoms with van der Waals surface area (Å²) in [6, 6.07) is 11.7. The largest absolute Gasteiger partial charge is 0.481 e. The summed E-state index contributed by atoms with van der Waals surface area (Å²) in [5, 5.41) is 3.28. The maximum absolute atomic E-state index is 5.94. The number of aryl methyl sites for hydroxylation is 1. The third-order valence-corrected chi connectivity index (χ3v) is 2.90. The van der Waals surface area contributed by atoms with E-state index in [4.69, 9.17) is 10.5 Å². The number of nitrogen functional groups attached to an aromatic ring is 1. The molecule has 1 heterocycles. The molecular weight excluding hydrogens is 238 g/mol. The Kier molecular flexibility index (Phi) is 4.23. The van der Waals surface area contributed by atoms with Gasteiger partial charge in [0.05, 0.1) is 12.8 Å². The highest BCUT2D eigenvalue weighted by Crippen LogP contribution is 2.26. The number of ether oxygens (including phenoxy) is 1. The van der Waals surface area contributed by atoms with Crippen LogP contribution in [0.15, 0.2) is 36.4 Å². The van der Waals surface area contributed by atoms with Crippen LogP contribution in [-0.2, 0) is 6.42 Å². The zero-order chi connectivity index (χ0) is 13.7. The number of para-hydroxylation sites is 1. The van der Waals surface area contributed by atoms with Crippen molar-refractivity contribution < 1.29 is 4.74 Å². The number of hydrogen-bond acceptors (Lipinski definition) is 4. The predicted octanol–water partition coefficient (Wildman–Crippen LogP) is 3.37. The van der Waals surface area contributed by atoms with Crippen LogP contribution in [0, 0.1) is 0 Å². The van der Waals surface area contributed by atoms with Crippen LogP contribution in [0.2, 0.25) is 0 Å². The maximum Gasteiger partial charge on any atom is 0.215 e. The van der Waals surface area contributed by atoms with Gasteiger partial charge in [0.1, 0.15) is 0 Å². The van der Waals surface area contributed by atoms with Gasteiger partial charge in [0.25, 0.3) is 0 Å². The monoisotopic (exact) mass is 257 g/mol. The van der Waals surface area contributed by atoms with Crippen LogP contribution in [0.3, 0.4) is 0 Å². The molecule has 2 aromatic rings. The highest BCUT2D eigenvalue weighted by Gasteiger charge is 2.06. The van der Waals surface area contributed by atoms with Gasteiger partial charge in [-0.05, 0) is 24.1 Å². The number of pyridine rings is 1. The highest BCUT2D eigenvalue weighted by atomic mass is 16.5. The standard InChI is InChI=1S/C15H19N3O/c1-3-6-11-7-4-5-8-13(11)17-15-12(16)9-10-14(18-15)19-2/h4-5,7-10H,3,6,16H2,1-2H3,(H,17,18). The van der Waals surface area contributed by atoms with Gasteiger partial charge >= 0.3 is 0 Å². The number of methoxy groups -OCH3 is 1. The SMILES string of the molecule is CCCc1ccccc1Nc1nc(OC)ccc1N. The Morgan fingerprint density at radius 3 is 2.74 bits per heavy atom. The fourth-order valence-corrected chi connectivity index (χ4v) is 1.92. The van der Waals surface area contributed by atoms with E-state index in [1.807, 2.05) is 18.2 Å². The Morgan fingerprint density at radius 2 is 2.00 bits per heavy atom. The lowest BCUT2D eigenvalue weighted by molar-refractivity contribution is 0.398. The normalized spacial score (nSPS) is 10.2. The molecular formula is C15H19N3O. The fraction of sp³-hybridized carbons (Fsp3) is 0.267. The summed E-state index contributed by atoms with van der Waals surface area (Å²) in [5.74, 6) is 1.17. The summed E-state index contributed by atoms with van der Waals surface area (Å²) < 4.78 is 5.12. The van der Waals surface area contributed by atoms with Crippen molar-refractivity contribution in [1.82, 2.24) is 4.98 Å². The van der Waals surface area contributed by atoms with Gasteiger partial charge in [-0.25, -0.2) is 0 Å². The molecule has 0 amide bonds. The first-order valence-electron chi connectivity index (χ1n) is 6.40. The molecule has 0 aliphatic carbocycles. The maximum atomic E-state index is 5.94. The van der Waals surface area contributed by atoms with Crippen molar-refractivity contribution in [1.29, 1.82) is 0 Å². The second kappa shape index (κ2) is 6.09. The topological polar surface area (TPSA) is 60.2 Å². The summed E-state index contributed by atoms with van der Waals surface area (Å²) in [6.45, 7) is 2.16. The van der Waals surface area contributed by atoms with E-state index < -0.39 is 0 Å². The lowest BCUT2D eigenvalue weighted by Gasteiger charge is -2.13. The van der Waals surface area contributed by atoms with Crippen molar-refractivity contribution in [2.45, 2.75) is 19.8 Å². The smallest absolute Gasteiger partial charge is 0.215 e. The van der Waals surface area contributed by atoms with E-state index in [2.05, 4.69) is 23.3 Å². The van der Waals surface area contributed by atoms with Crippen LogP contribution in [-0.4, -0.2) is 12.1 Å². The van der Waals surface area contributed by atoms with Gasteiger partial charge in [0.15, 0.2) is 5.82 Å². The Balaban J connectivity index is 2.30. The molecule has 0 fully saturated rings. The third kappa shape index (κ3) is 3.16. The molecule has 0 aliphatic rings. The average Bonchev–Trinajstić information content (AvgIpc) is 2.43. The highest BCUT2D eigenvalue weighted by molar-refractivity contribution is 5.70. The molecule has 100 valence electrons. The van der Waals surface area contributed by atoms with Gasteiger partial charge in [-0.2, -0.15) is 4.98 Å². The average molecular weight is 257 g/mol. The molecule has 0 aliphatic heterocycles. The Morgan fingerprint density at radius 1 is 1.21 bits per heavy atom. The first-order valence-corrected chi connectivity index (χ1v) is 6.40. The molecule has 2 rings (SSSR count). The zero-order valence-electron chi connectivity index (χ0n) is 11.3. The van der Waals surface area contributed by atoms with E-state index in [9.17, 15) is 0 Å². The number of hydrogen-bond donors (Lipinski definition) is 2. The van der Waals surface area contributed by atoms with Crippen LogP contribution < -0.4 is 15.8 Å². The number of benzene rings is 1. The number of rotatable bonds is 5. The van der Waals surface area contributed by atoms with Gasteiger partial charge in [-0.3, -0.25) is 0 Å². The summed E-state index contributed by atoms with van der Waals surface area (Å²) in [7, 11) is 1.59. The number of nitrogens with one attached hydrogen (secondary N) is 1. The van der Waals surface area contributed by atoms with Gasteiger partial charge in [-0.15, -0.1) is 0 Å². The van der Waals surface area contributed by atoms with E-state index in [0.717, 1.165) is 18.5 Å². The quantitative estimate of drug-likeness (QED) is 0.862. The van der Waals surface area contributed by atoms with Crippen LogP contribution in [0.5, 0.6) is 5.88 Å².